The van der Waals surface area contributed by atoms with Crippen LogP contribution < -0.4 is 0 Å². The number of allylic oxidation sites excluding steroid dienone is 5. The van der Waals surface area contributed by atoms with Crippen LogP contribution >= 0.6 is 0 Å². The molecule has 35 heavy (non-hydrogen) atoms. The molecule has 0 saturated heterocycles. The van der Waals surface area contributed by atoms with Gasteiger partial charge in [-0.15, -0.1) is 0 Å². The molecule has 2 nitrogen and oxygen atoms in total. The molecule has 0 bridgehead atoms. The third-order valence-electron chi connectivity index (χ3n) is 6.60. The van der Waals surface area contributed by atoms with Gasteiger partial charge in [-0.3, -0.25) is 4.79 Å². The van der Waals surface area contributed by atoms with Gasteiger partial charge in [-0.1, -0.05) is 134 Å². The van der Waals surface area contributed by atoms with Crippen LogP contribution in [0, 0.1) is 0 Å². The molecule has 0 aliphatic rings. The summed E-state index contributed by atoms with van der Waals surface area (Å²) in [5.41, 5.74) is 0. The van der Waals surface area contributed by atoms with E-state index in [1.54, 1.807) is 6.26 Å². The lowest BCUT2D eigenvalue weighted by molar-refractivity contribution is -0.138. The van der Waals surface area contributed by atoms with Crippen molar-refractivity contribution in [2.24, 2.45) is 0 Å². The van der Waals surface area contributed by atoms with Crippen molar-refractivity contribution in [3.05, 3.63) is 36.6 Å². The van der Waals surface area contributed by atoms with Gasteiger partial charge in [0, 0.05) is 6.42 Å². The largest absolute Gasteiger partial charge is 0.435 e. The van der Waals surface area contributed by atoms with Crippen LogP contribution in [0.1, 0.15) is 168 Å². The Morgan fingerprint density at radius 3 is 1.43 bits per heavy atom. The van der Waals surface area contributed by atoms with Crippen LogP contribution in [-0.4, -0.2) is 5.97 Å². The minimum Gasteiger partial charge on any atom is -0.435 e. The number of ether oxygens (including phenoxy) is 1. The van der Waals surface area contributed by atoms with Crippen molar-refractivity contribution in [1.82, 2.24) is 0 Å². The van der Waals surface area contributed by atoms with E-state index < -0.39 is 0 Å². The molecule has 0 heterocycles. The summed E-state index contributed by atoms with van der Waals surface area (Å²) >= 11 is 0. The highest BCUT2D eigenvalue weighted by Crippen LogP contribution is 2.12. The van der Waals surface area contributed by atoms with Crippen molar-refractivity contribution in [2.45, 2.75) is 168 Å². The molecule has 0 unspecified atom stereocenters. The van der Waals surface area contributed by atoms with Gasteiger partial charge in [0.25, 0.3) is 0 Å². The van der Waals surface area contributed by atoms with Crippen molar-refractivity contribution in [2.75, 3.05) is 0 Å². The molecule has 204 valence electrons. The monoisotopic (exact) mass is 488 g/mol. The maximum atomic E-state index is 11.8. The third kappa shape index (κ3) is 30.7. The number of esters is 1. The molecule has 0 saturated carbocycles. The van der Waals surface area contributed by atoms with E-state index in [1.165, 1.54) is 122 Å². The van der Waals surface area contributed by atoms with Crippen molar-refractivity contribution >= 4 is 5.97 Å². The van der Waals surface area contributed by atoms with Gasteiger partial charge in [0.2, 0.25) is 0 Å². The quantitative estimate of drug-likeness (QED) is 0.0497. The molecule has 0 aromatic carbocycles. The maximum Gasteiger partial charge on any atom is 0.310 e. The highest BCUT2D eigenvalue weighted by molar-refractivity contribution is 5.69. The van der Waals surface area contributed by atoms with E-state index in [9.17, 15) is 4.79 Å². The van der Waals surface area contributed by atoms with E-state index in [0.717, 1.165) is 25.7 Å². The van der Waals surface area contributed by atoms with Gasteiger partial charge in [-0.05, 0) is 57.4 Å². The minimum atomic E-state index is -0.0779. The summed E-state index contributed by atoms with van der Waals surface area (Å²) in [6.07, 6.45) is 42.7. The Bertz CT molecular complexity index is 503. The number of rotatable bonds is 27. The van der Waals surface area contributed by atoms with Crippen molar-refractivity contribution in [3.8, 4) is 0 Å². The van der Waals surface area contributed by atoms with E-state index in [-0.39, 0.29) is 5.97 Å². The molecule has 0 rings (SSSR count). The average molecular weight is 489 g/mol. The Morgan fingerprint density at radius 1 is 0.486 bits per heavy atom. The lowest BCUT2D eigenvalue weighted by Crippen LogP contribution is -1.98. The summed E-state index contributed by atoms with van der Waals surface area (Å²) in [6.45, 7) is 4.53. The Kier molecular flexibility index (Phi) is 29.6. The highest BCUT2D eigenvalue weighted by Gasteiger charge is 2.00. The number of hydrogen-bond donors (Lipinski definition) is 0. The lowest BCUT2D eigenvalue weighted by atomic mass is 10.1. The third-order valence-corrected chi connectivity index (χ3v) is 6.60. The summed E-state index contributed by atoms with van der Waals surface area (Å²) in [4.78, 5) is 11.8. The predicted octanol–water partition coefficient (Wildman–Crippen LogP) is 11.6. The number of unbranched alkanes of at least 4 members (excludes halogenated alkanes) is 19. The Morgan fingerprint density at radius 2 is 0.886 bits per heavy atom. The smallest absolute Gasteiger partial charge is 0.310 e. The van der Waals surface area contributed by atoms with Crippen molar-refractivity contribution < 1.29 is 9.53 Å². The summed E-state index contributed by atoms with van der Waals surface area (Å²) < 4.78 is 5.23. The molecule has 0 aliphatic carbocycles. The van der Waals surface area contributed by atoms with E-state index in [1.807, 2.05) is 6.08 Å². The molecule has 0 radical (unpaired) electrons. The second kappa shape index (κ2) is 30.7. The Hall–Kier alpha value is -1.31. The van der Waals surface area contributed by atoms with Crippen LogP contribution in [0.15, 0.2) is 36.6 Å². The first kappa shape index (κ1) is 33.7. The first-order valence-corrected chi connectivity index (χ1v) is 15.5. The van der Waals surface area contributed by atoms with Gasteiger partial charge in [0.05, 0.1) is 6.26 Å². The molecule has 0 spiro atoms. The second-order valence-corrected chi connectivity index (χ2v) is 10.2. The molecule has 0 aromatic heterocycles. The summed E-state index contributed by atoms with van der Waals surface area (Å²) in [7, 11) is 0. The number of carbonyl (C=O) groups excluding carboxylic acids is 1. The van der Waals surface area contributed by atoms with Gasteiger partial charge in [-0.25, -0.2) is 0 Å². The zero-order valence-electron chi connectivity index (χ0n) is 23.8. The molecule has 0 fully saturated rings. The first-order valence-electron chi connectivity index (χ1n) is 15.5. The summed E-state index contributed by atoms with van der Waals surface area (Å²) in [6, 6.07) is 0. The lowest BCUT2D eigenvalue weighted by Gasteiger charge is -2.02. The zero-order valence-corrected chi connectivity index (χ0v) is 23.8. The van der Waals surface area contributed by atoms with Gasteiger partial charge < -0.3 is 4.74 Å². The number of carbonyl (C=O) groups is 1. The topological polar surface area (TPSA) is 26.3 Å². The Balaban J connectivity index is 3.31. The van der Waals surface area contributed by atoms with Crippen LogP contribution in [-0.2, 0) is 9.53 Å². The number of hydrogen-bond acceptors (Lipinski definition) is 2. The van der Waals surface area contributed by atoms with E-state index >= 15 is 0 Å². The van der Waals surface area contributed by atoms with Crippen LogP contribution in [0.3, 0.4) is 0 Å². The summed E-state index contributed by atoms with van der Waals surface area (Å²) in [5, 5.41) is 0. The average Bonchev–Trinajstić information content (AvgIpc) is 2.86. The Labute approximate surface area is 220 Å². The predicted molar refractivity (Wildman–Crippen MR) is 156 cm³/mol. The van der Waals surface area contributed by atoms with Crippen molar-refractivity contribution in [1.29, 1.82) is 0 Å². The standard InChI is InChI=1S/C33H60O2/c1-3-5-7-9-11-13-15-17-18-19-21-23-25-27-29-31-33(34)35-32-30-28-26-24-22-20-16-14-12-10-8-6-4-2/h11,13,17-18,30,32H,3-10,12,14-16,19-29,31H2,1-2H3/b13-11-,18-17-,32-30?. The minimum absolute atomic E-state index is 0.0779. The fourth-order valence-electron chi connectivity index (χ4n) is 4.26. The van der Waals surface area contributed by atoms with E-state index in [4.69, 9.17) is 4.74 Å². The first-order chi connectivity index (χ1) is 17.3. The van der Waals surface area contributed by atoms with E-state index in [0.29, 0.717) is 6.42 Å². The molecule has 0 aliphatic heterocycles. The van der Waals surface area contributed by atoms with Crippen LogP contribution in [0.5, 0.6) is 0 Å². The van der Waals surface area contributed by atoms with Crippen LogP contribution in [0.2, 0.25) is 0 Å². The molecule has 0 atom stereocenters. The molecule has 0 N–H and O–H groups in total. The molecule has 0 amide bonds. The normalized spacial score (nSPS) is 11.9. The van der Waals surface area contributed by atoms with Crippen LogP contribution in [0.25, 0.3) is 0 Å². The maximum absolute atomic E-state index is 11.8. The molecule has 2 heteroatoms. The molecular formula is C33H60O2. The van der Waals surface area contributed by atoms with Crippen molar-refractivity contribution in [3.63, 3.8) is 0 Å². The second-order valence-electron chi connectivity index (χ2n) is 10.2. The van der Waals surface area contributed by atoms with Gasteiger partial charge >= 0.3 is 5.97 Å². The fraction of sp³-hybridized carbons (Fsp3) is 0.788. The summed E-state index contributed by atoms with van der Waals surface area (Å²) in [5.74, 6) is -0.0779. The zero-order chi connectivity index (χ0) is 25.5. The fourth-order valence-corrected chi connectivity index (χ4v) is 4.26. The van der Waals surface area contributed by atoms with Gasteiger partial charge in [-0.2, -0.15) is 0 Å². The van der Waals surface area contributed by atoms with Gasteiger partial charge in [0.1, 0.15) is 0 Å². The SMILES string of the molecule is CCCCC/C=C\C/C=C\CCCCCCCC(=O)OC=CCCCCCCCCCCCCC. The highest BCUT2D eigenvalue weighted by atomic mass is 16.5. The van der Waals surface area contributed by atoms with Crippen LogP contribution in [0.4, 0.5) is 0 Å². The van der Waals surface area contributed by atoms with E-state index in [2.05, 4.69) is 38.2 Å². The molecule has 0 aromatic rings. The molecular weight excluding hydrogens is 428 g/mol. The van der Waals surface area contributed by atoms with Gasteiger partial charge in [0.15, 0.2) is 0 Å².